The number of carbonyl (C=O) groups is 3. The van der Waals surface area contributed by atoms with E-state index >= 15 is 0 Å². The minimum absolute atomic E-state index is 0.0237. The molecule has 0 radical (unpaired) electrons. The molecule has 2 aromatic heterocycles. The van der Waals surface area contributed by atoms with Crippen LogP contribution in [-0.2, 0) is 22.3 Å². The zero-order valence-electron chi connectivity index (χ0n) is 18.6. The van der Waals surface area contributed by atoms with Crippen molar-refractivity contribution in [1.82, 2.24) is 25.4 Å². The predicted molar refractivity (Wildman–Crippen MR) is 120 cm³/mol. The molecule has 0 bridgehead atoms. The highest BCUT2D eigenvalue weighted by Crippen LogP contribution is 2.28. The first-order chi connectivity index (χ1) is 16.7. The molecule has 0 spiro atoms. The summed E-state index contributed by atoms with van der Waals surface area (Å²) in [6, 6.07) is 7.87. The van der Waals surface area contributed by atoms with Crippen molar-refractivity contribution in [2.75, 3.05) is 18.4 Å². The van der Waals surface area contributed by atoms with Crippen LogP contribution in [0.3, 0.4) is 0 Å². The van der Waals surface area contributed by atoms with Gasteiger partial charge in [0.25, 0.3) is 5.91 Å². The molecule has 3 aromatic rings. The highest BCUT2D eigenvalue weighted by atomic mass is 19.4. The number of nitrogens with zero attached hydrogens (tertiary/aromatic N) is 3. The van der Waals surface area contributed by atoms with Crippen LogP contribution in [0.5, 0.6) is 0 Å². The van der Waals surface area contributed by atoms with E-state index in [2.05, 4.69) is 26.0 Å². The maximum atomic E-state index is 12.8. The summed E-state index contributed by atoms with van der Waals surface area (Å²) in [7, 11) is 0. The average molecular weight is 488 g/mol. The molecule has 1 aliphatic carbocycles. The maximum absolute atomic E-state index is 12.8. The van der Waals surface area contributed by atoms with Crippen molar-refractivity contribution in [3.63, 3.8) is 0 Å². The molecular formula is C23H23F3N6O3. The number of hydrogen-bond acceptors (Lipinski definition) is 5. The summed E-state index contributed by atoms with van der Waals surface area (Å²) < 4.78 is 40.0. The number of hydrogen-bond donors (Lipinski definition) is 3. The molecule has 12 heteroatoms. The third-order valence-electron chi connectivity index (χ3n) is 5.61. The summed E-state index contributed by atoms with van der Waals surface area (Å²) in [5.74, 6) is -0.944. The van der Waals surface area contributed by atoms with Gasteiger partial charge in [0, 0.05) is 36.3 Å². The fourth-order valence-corrected chi connectivity index (χ4v) is 3.56. The number of benzene rings is 1. The number of fused-ring (bicyclic) bond motifs is 1. The number of nitrogens with one attached hydrogen (secondary N) is 3. The molecule has 9 nitrogen and oxygen atoms in total. The molecule has 1 saturated carbocycles. The largest absolute Gasteiger partial charge is 0.433 e. The third kappa shape index (κ3) is 6.14. The smallest absolute Gasteiger partial charge is 0.354 e. The van der Waals surface area contributed by atoms with E-state index < -0.39 is 17.8 Å². The second-order valence-electron chi connectivity index (χ2n) is 8.23. The Morgan fingerprint density at radius 3 is 2.54 bits per heavy atom. The lowest BCUT2D eigenvalue weighted by Crippen LogP contribution is -2.40. The van der Waals surface area contributed by atoms with Crippen molar-refractivity contribution >= 4 is 34.3 Å². The van der Waals surface area contributed by atoms with E-state index in [1.54, 1.807) is 24.4 Å². The quantitative estimate of drug-likeness (QED) is 0.422. The Kier molecular flexibility index (Phi) is 6.99. The molecule has 184 valence electrons. The van der Waals surface area contributed by atoms with Crippen molar-refractivity contribution in [1.29, 1.82) is 0 Å². The Morgan fingerprint density at radius 1 is 1.06 bits per heavy atom. The highest BCUT2D eigenvalue weighted by Gasteiger charge is 2.33. The van der Waals surface area contributed by atoms with Gasteiger partial charge in [0.15, 0.2) is 0 Å². The van der Waals surface area contributed by atoms with Gasteiger partial charge in [-0.2, -0.15) is 18.3 Å². The van der Waals surface area contributed by atoms with Gasteiger partial charge in [0.1, 0.15) is 17.9 Å². The molecule has 1 aromatic carbocycles. The lowest BCUT2D eigenvalue weighted by molar-refractivity contribution is -0.141. The topological polar surface area (TPSA) is 118 Å². The zero-order chi connectivity index (χ0) is 25.0. The summed E-state index contributed by atoms with van der Waals surface area (Å²) >= 11 is 0. The van der Waals surface area contributed by atoms with Gasteiger partial charge in [-0.25, -0.2) is 4.98 Å². The number of halogens is 3. The van der Waals surface area contributed by atoms with Crippen molar-refractivity contribution in [3.8, 4) is 0 Å². The SMILES string of the molecule is O=C(Cn1cc2cc(NC(=O)c3cccc(C(F)(F)F)n3)ccc2n1)NCCNC(=O)C1CCC1. The number of amides is 3. The van der Waals surface area contributed by atoms with Gasteiger partial charge in [-0.3, -0.25) is 19.1 Å². The Labute approximate surface area is 198 Å². The lowest BCUT2D eigenvalue weighted by atomic mass is 9.85. The van der Waals surface area contributed by atoms with Crippen molar-refractivity contribution in [2.24, 2.45) is 5.92 Å². The van der Waals surface area contributed by atoms with Crippen molar-refractivity contribution < 1.29 is 27.6 Å². The van der Waals surface area contributed by atoms with Gasteiger partial charge >= 0.3 is 6.18 Å². The van der Waals surface area contributed by atoms with Gasteiger partial charge in [-0.1, -0.05) is 12.5 Å². The molecule has 4 rings (SSSR count). The van der Waals surface area contributed by atoms with Crippen LogP contribution in [0.1, 0.15) is 35.4 Å². The van der Waals surface area contributed by atoms with E-state index in [1.165, 1.54) is 10.7 Å². The Balaban J connectivity index is 1.31. The average Bonchev–Trinajstić information content (AvgIpc) is 3.16. The first kappa shape index (κ1) is 24.2. The van der Waals surface area contributed by atoms with E-state index in [4.69, 9.17) is 0 Å². The number of aromatic nitrogens is 3. The second-order valence-corrected chi connectivity index (χ2v) is 8.23. The van der Waals surface area contributed by atoms with E-state index in [0.29, 0.717) is 29.7 Å². The molecule has 1 fully saturated rings. The Hall–Kier alpha value is -3.96. The van der Waals surface area contributed by atoms with Gasteiger partial charge in [0.2, 0.25) is 11.8 Å². The summed E-state index contributed by atoms with van der Waals surface area (Å²) in [5.41, 5.74) is -0.606. The molecule has 2 heterocycles. The van der Waals surface area contributed by atoms with Crippen LogP contribution in [0.25, 0.3) is 10.9 Å². The normalized spacial score (nSPS) is 13.8. The maximum Gasteiger partial charge on any atom is 0.433 e. The number of alkyl halides is 3. The van der Waals surface area contributed by atoms with Crippen LogP contribution in [0.4, 0.5) is 18.9 Å². The third-order valence-corrected chi connectivity index (χ3v) is 5.61. The van der Waals surface area contributed by atoms with Gasteiger partial charge in [-0.05, 0) is 43.2 Å². The molecule has 3 amide bonds. The summed E-state index contributed by atoms with van der Waals surface area (Å²) in [6.45, 7) is 0.616. The predicted octanol–water partition coefficient (Wildman–Crippen LogP) is 2.73. The van der Waals surface area contributed by atoms with E-state index in [1.807, 2.05) is 0 Å². The highest BCUT2D eigenvalue weighted by molar-refractivity contribution is 6.03. The molecular weight excluding hydrogens is 465 g/mol. The van der Waals surface area contributed by atoms with Crippen LogP contribution >= 0.6 is 0 Å². The van der Waals surface area contributed by atoms with Crippen LogP contribution in [-0.4, -0.2) is 45.6 Å². The summed E-state index contributed by atoms with van der Waals surface area (Å²) in [5, 5.41) is 13.0. The monoisotopic (exact) mass is 488 g/mol. The minimum atomic E-state index is -4.65. The standard InChI is InChI=1S/C23H23F3N6O3/c24-23(25,26)19-6-2-5-18(30-19)22(35)29-16-7-8-17-15(11-16)12-32(31-17)13-20(33)27-9-10-28-21(34)14-3-1-4-14/h2,5-8,11-12,14H,1,3-4,9-10,13H2,(H,27,33)(H,28,34)(H,29,35). The molecule has 0 unspecified atom stereocenters. The fourth-order valence-electron chi connectivity index (χ4n) is 3.56. The van der Waals surface area contributed by atoms with Crippen LogP contribution in [0.2, 0.25) is 0 Å². The molecule has 0 saturated heterocycles. The second kappa shape index (κ2) is 10.1. The lowest BCUT2D eigenvalue weighted by Gasteiger charge is -2.24. The van der Waals surface area contributed by atoms with Gasteiger partial charge in [-0.15, -0.1) is 0 Å². The minimum Gasteiger partial charge on any atom is -0.354 e. The van der Waals surface area contributed by atoms with Gasteiger partial charge < -0.3 is 16.0 Å². The number of anilines is 1. The Bertz CT molecular complexity index is 1250. The fraction of sp³-hybridized carbons (Fsp3) is 0.348. The van der Waals surface area contributed by atoms with Crippen LogP contribution in [0.15, 0.2) is 42.6 Å². The molecule has 1 aliphatic rings. The van der Waals surface area contributed by atoms with E-state index in [9.17, 15) is 27.6 Å². The molecule has 0 aliphatic heterocycles. The van der Waals surface area contributed by atoms with Crippen molar-refractivity contribution in [2.45, 2.75) is 32.0 Å². The molecule has 35 heavy (non-hydrogen) atoms. The first-order valence-electron chi connectivity index (χ1n) is 11.1. The summed E-state index contributed by atoms with van der Waals surface area (Å²) in [6.07, 6.45) is -0.128. The number of carbonyl (C=O) groups excluding carboxylic acids is 3. The van der Waals surface area contributed by atoms with Gasteiger partial charge in [0.05, 0.1) is 5.52 Å². The van der Waals surface area contributed by atoms with Crippen molar-refractivity contribution in [3.05, 3.63) is 54.0 Å². The molecule has 0 atom stereocenters. The van der Waals surface area contributed by atoms with Crippen LogP contribution in [0, 0.1) is 5.92 Å². The van der Waals surface area contributed by atoms with E-state index in [-0.39, 0.29) is 30.0 Å². The number of pyridine rings is 1. The summed E-state index contributed by atoms with van der Waals surface area (Å²) in [4.78, 5) is 39.7. The van der Waals surface area contributed by atoms with Crippen LogP contribution < -0.4 is 16.0 Å². The molecule has 3 N–H and O–H groups in total. The zero-order valence-corrected chi connectivity index (χ0v) is 18.6. The van der Waals surface area contributed by atoms with E-state index in [0.717, 1.165) is 31.4 Å². The Morgan fingerprint density at radius 2 is 1.83 bits per heavy atom. The first-order valence-corrected chi connectivity index (χ1v) is 11.1. The number of rotatable bonds is 8.